The molecule has 0 radical (unpaired) electrons. The van der Waals surface area contributed by atoms with Crippen molar-refractivity contribution < 1.29 is 9.53 Å². The highest BCUT2D eigenvalue weighted by atomic mass is 32.1. The zero-order valence-corrected chi connectivity index (χ0v) is 13.4. The highest BCUT2D eigenvalue weighted by Crippen LogP contribution is 2.33. The first-order valence-corrected chi connectivity index (χ1v) is 8.08. The van der Waals surface area contributed by atoms with Crippen LogP contribution < -0.4 is 5.32 Å². The Labute approximate surface area is 125 Å². The van der Waals surface area contributed by atoms with E-state index < -0.39 is 0 Å². The lowest BCUT2D eigenvalue weighted by Crippen LogP contribution is -2.41. The van der Waals surface area contributed by atoms with Gasteiger partial charge in [0.2, 0.25) is 5.91 Å². The molecule has 1 saturated heterocycles. The average Bonchev–Trinajstić information content (AvgIpc) is 3.05. The van der Waals surface area contributed by atoms with Gasteiger partial charge in [-0.15, -0.1) is 11.3 Å². The Morgan fingerprint density at radius 2 is 2.25 bits per heavy atom. The number of hydrogen-bond donors (Lipinski definition) is 1. The normalized spacial score (nSPS) is 26.0. The predicted molar refractivity (Wildman–Crippen MR) is 81.6 cm³/mol. The Hall–Kier alpha value is -0.910. The van der Waals surface area contributed by atoms with Gasteiger partial charge in [-0.3, -0.25) is 10.1 Å². The zero-order valence-electron chi connectivity index (χ0n) is 12.6. The van der Waals surface area contributed by atoms with Gasteiger partial charge >= 0.3 is 0 Å². The van der Waals surface area contributed by atoms with E-state index in [2.05, 4.69) is 30.6 Å². The summed E-state index contributed by atoms with van der Waals surface area (Å²) in [5.74, 6) is 0.534. The molecule has 1 aliphatic heterocycles. The smallest absolute Gasteiger partial charge is 0.241 e. The summed E-state index contributed by atoms with van der Waals surface area (Å²) < 4.78 is 5.23. The van der Waals surface area contributed by atoms with Gasteiger partial charge in [-0.25, -0.2) is 0 Å². The van der Waals surface area contributed by atoms with Crippen molar-refractivity contribution in [2.24, 2.45) is 5.92 Å². The topological polar surface area (TPSA) is 41.6 Å². The van der Waals surface area contributed by atoms with E-state index in [0.29, 0.717) is 12.5 Å². The molecule has 0 aromatic carbocycles. The lowest BCUT2D eigenvalue weighted by molar-refractivity contribution is -0.133. The number of thiophene rings is 1. The lowest BCUT2D eigenvalue weighted by atomic mass is 9.99. The van der Waals surface area contributed by atoms with Crippen molar-refractivity contribution in [3.8, 4) is 0 Å². The second-order valence-corrected chi connectivity index (χ2v) is 6.48. The van der Waals surface area contributed by atoms with Crippen LogP contribution in [0.15, 0.2) is 17.5 Å². The number of methoxy groups -OCH3 is 1. The molecule has 4 unspecified atom stereocenters. The molecule has 0 bridgehead atoms. The van der Waals surface area contributed by atoms with Crippen LogP contribution in [-0.4, -0.2) is 36.6 Å². The summed E-state index contributed by atoms with van der Waals surface area (Å²) >= 11 is 1.69. The van der Waals surface area contributed by atoms with Gasteiger partial charge in [0.05, 0.1) is 18.7 Å². The van der Waals surface area contributed by atoms with Gasteiger partial charge in [-0.05, 0) is 24.3 Å². The summed E-state index contributed by atoms with van der Waals surface area (Å²) in [5.41, 5.74) is 0. The van der Waals surface area contributed by atoms with Crippen LogP contribution in [0.25, 0.3) is 0 Å². The van der Waals surface area contributed by atoms with E-state index >= 15 is 0 Å². The first kappa shape index (κ1) is 15.5. The van der Waals surface area contributed by atoms with Crippen LogP contribution in [0.3, 0.4) is 0 Å². The fourth-order valence-electron chi connectivity index (χ4n) is 2.71. The SMILES string of the molecule is CCC(C)C1NC(c2cccs2)N(C(C)COC)C1=O. The molecule has 2 heterocycles. The maximum Gasteiger partial charge on any atom is 0.241 e. The van der Waals surface area contributed by atoms with Gasteiger partial charge in [0.25, 0.3) is 0 Å². The quantitative estimate of drug-likeness (QED) is 0.877. The summed E-state index contributed by atoms with van der Waals surface area (Å²) in [4.78, 5) is 15.9. The molecule has 0 spiro atoms. The van der Waals surface area contributed by atoms with E-state index in [4.69, 9.17) is 4.74 Å². The molecule has 4 nitrogen and oxygen atoms in total. The number of amides is 1. The first-order valence-electron chi connectivity index (χ1n) is 7.20. The lowest BCUT2D eigenvalue weighted by Gasteiger charge is -2.29. The molecule has 0 aliphatic carbocycles. The van der Waals surface area contributed by atoms with Crippen molar-refractivity contribution in [1.29, 1.82) is 0 Å². The predicted octanol–water partition coefficient (Wildman–Crippen LogP) is 2.63. The molecule has 5 heteroatoms. The third kappa shape index (κ3) is 2.90. The zero-order chi connectivity index (χ0) is 14.7. The van der Waals surface area contributed by atoms with Crippen molar-refractivity contribution >= 4 is 17.2 Å². The second kappa shape index (κ2) is 6.70. The van der Waals surface area contributed by atoms with Crippen molar-refractivity contribution in [2.45, 2.75) is 45.4 Å². The van der Waals surface area contributed by atoms with E-state index in [9.17, 15) is 4.79 Å². The fourth-order valence-corrected chi connectivity index (χ4v) is 3.49. The van der Waals surface area contributed by atoms with Gasteiger partial charge < -0.3 is 9.64 Å². The van der Waals surface area contributed by atoms with Crippen molar-refractivity contribution in [2.75, 3.05) is 13.7 Å². The van der Waals surface area contributed by atoms with Crippen LogP contribution in [0.2, 0.25) is 0 Å². The second-order valence-electron chi connectivity index (χ2n) is 5.50. The van der Waals surface area contributed by atoms with Crippen LogP contribution >= 0.6 is 11.3 Å². The Morgan fingerprint density at radius 1 is 1.50 bits per heavy atom. The van der Waals surface area contributed by atoms with E-state index in [1.54, 1.807) is 18.4 Å². The molecular weight excluding hydrogens is 272 g/mol. The average molecular weight is 296 g/mol. The molecule has 1 N–H and O–H groups in total. The van der Waals surface area contributed by atoms with Crippen LogP contribution in [0.4, 0.5) is 0 Å². The summed E-state index contributed by atoms with van der Waals surface area (Å²) in [6.45, 7) is 6.86. The number of carbonyl (C=O) groups is 1. The van der Waals surface area contributed by atoms with Crippen molar-refractivity contribution in [1.82, 2.24) is 10.2 Å². The molecule has 1 amide bonds. The Morgan fingerprint density at radius 3 is 2.80 bits per heavy atom. The Balaban J connectivity index is 2.25. The van der Waals surface area contributed by atoms with Gasteiger partial charge in [-0.1, -0.05) is 26.3 Å². The monoisotopic (exact) mass is 296 g/mol. The Bertz CT molecular complexity index is 435. The van der Waals surface area contributed by atoms with Crippen LogP contribution in [0.5, 0.6) is 0 Å². The summed E-state index contributed by atoms with van der Waals surface area (Å²) in [7, 11) is 1.68. The molecule has 1 aliphatic rings. The number of hydrogen-bond acceptors (Lipinski definition) is 4. The molecular formula is C15H24N2O2S. The van der Waals surface area contributed by atoms with Crippen LogP contribution in [0, 0.1) is 5.92 Å². The first-order chi connectivity index (χ1) is 9.60. The molecule has 112 valence electrons. The molecule has 1 fully saturated rings. The number of nitrogens with one attached hydrogen (secondary N) is 1. The van der Waals surface area contributed by atoms with Gasteiger partial charge in [0.1, 0.15) is 6.17 Å². The van der Waals surface area contributed by atoms with Gasteiger partial charge in [0.15, 0.2) is 0 Å². The van der Waals surface area contributed by atoms with Crippen LogP contribution in [-0.2, 0) is 9.53 Å². The minimum Gasteiger partial charge on any atom is -0.383 e. The molecule has 2 rings (SSSR count). The third-order valence-electron chi connectivity index (χ3n) is 4.04. The van der Waals surface area contributed by atoms with Gasteiger partial charge in [0, 0.05) is 12.0 Å². The largest absolute Gasteiger partial charge is 0.383 e. The molecule has 1 aromatic heterocycles. The standard InChI is InChI=1S/C15H24N2O2S/c1-5-10(2)13-15(18)17(11(3)9-19-4)14(16-13)12-7-6-8-20-12/h6-8,10-11,13-14,16H,5,9H2,1-4H3. The number of carbonyl (C=O) groups excluding carboxylic acids is 1. The van der Waals surface area contributed by atoms with Crippen molar-refractivity contribution in [3.05, 3.63) is 22.4 Å². The van der Waals surface area contributed by atoms with Crippen LogP contribution in [0.1, 0.15) is 38.2 Å². The molecule has 20 heavy (non-hydrogen) atoms. The molecule has 1 aromatic rings. The van der Waals surface area contributed by atoms with Crippen molar-refractivity contribution in [3.63, 3.8) is 0 Å². The van der Waals surface area contributed by atoms with E-state index in [0.717, 1.165) is 6.42 Å². The third-order valence-corrected chi connectivity index (χ3v) is 4.97. The maximum atomic E-state index is 12.7. The minimum absolute atomic E-state index is 0.0216. The molecule has 0 saturated carbocycles. The number of ether oxygens (including phenoxy) is 1. The highest BCUT2D eigenvalue weighted by molar-refractivity contribution is 7.10. The summed E-state index contributed by atoms with van der Waals surface area (Å²) in [6.07, 6.45) is 0.972. The van der Waals surface area contributed by atoms with Gasteiger partial charge in [-0.2, -0.15) is 0 Å². The number of nitrogens with zero attached hydrogens (tertiary/aromatic N) is 1. The van der Waals surface area contributed by atoms with E-state index in [1.807, 2.05) is 17.9 Å². The summed E-state index contributed by atoms with van der Waals surface area (Å²) in [6, 6.07) is 4.09. The summed E-state index contributed by atoms with van der Waals surface area (Å²) in [5, 5.41) is 5.57. The minimum atomic E-state index is -0.0913. The molecule has 4 atom stereocenters. The fraction of sp³-hybridized carbons (Fsp3) is 0.667. The Kier molecular flexibility index (Phi) is 5.18. The highest BCUT2D eigenvalue weighted by Gasteiger charge is 2.44. The number of rotatable bonds is 6. The van der Waals surface area contributed by atoms with E-state index in [-0.39, 0.29) is 24.2 Å². The van der Waals surface area contributed by atoms with E-state index in [1.165, 1.54) is 4.88 Å². The maximum absolute atomic E-state index is 12.7.